The van der Waals surface area contributed by atoms with Gasteiger partial charge in [0.05, 0.1) is 0 Å². The van der Waals surface area contributed by atoms with Gasteiger partial charge in [-0.3, -0.25) is 0 Å². The number of aryl methyl sites for hydroxylation is 2. The molecular weight excluding hydrogens is 226 g/mol. The van der Waals surface area contributed by atoms with Gasteiger partial charge in [-0.05, 0) is 44.7 Å². The molecule has 0 saturated carbocycles. The highest BCUT2D eigenvalue weighted by molar-refractivity contribution is 5.29. The second kappa shape index (κ2) is 5.60. The second-order valence-electron chi connectivity index (χ2n) is 4.21. The van der Waals surface area contributed by atoms with Crippen molar-refractivity contribution in [1.29, 1.82) is 0 Å². The summed E-state index contributed by atoms with van der Waals surface area (Å²) < 4.78 is 5.63. The summed E-state index contributed by atoms with van der Waals surface area (Å²) in [7, 11) is 1.92. The Morgan fingerprint density at radius 2 is 1.67 bits per heavy atom. The van der Waals surface area contributed by atoms with Gasteiger partial charge in [0.2, 0.25) is 0 Å². The Labute approximate surface area is 107 Å². The number of rotatable bonds is 4. The van der Waals surface area contributed by atoms with Crippen LogP contribution in [-0.4, -0.2) is 17.0 Å². The molecular formula is C14H17N3O. The van der Waals surface area contributed by atoms with E-state index in [-0.39, 0.29) is 0 Å². The van der Waals surface area contributed by atoms with Crippen LogP contribution in [0.2, 0.25) is 0 Å². The number of hydrogen-bond donors (Lipinski definition) is 1. The maximum Gasteiger partial charge on any atom is 0.322 e. The quantitative estimate of drug-likeness (QED) is 0.896. The van der Waals surface area contributed by atoms with E-state index >= 15 is 0 Å². The van der Waals surface area contributed by atoms with Crippen LogP contribution in [0.3, 0.4) is 0 Å². The van der Waals surface area contributed by atoms with Crippen molar-refractivity contribution >= 4 is 0 Å². The number of aromatic nitrogens is 2. The lowest BCUT2D eigenvalue weighted by atomic mass is 10.2. The molecule has 1 aromatic carbocycles. The molecule has 0 aliphatic carbocycles. The molecule has 0 radical (unpaired) electrons. The monoisotopic (exact) mass is 243 g/mol. The summed E-state index contributed by atoms with van der Waals surface area (Å²) in [6.45, 7) is 4.70. The van der Waals surface area contributed by atoms with Crippen molar-refractivity contribution in [2.45, 2.75) is 20.4 Å². The standard InChI is InChI=1S/C14H17N3O/c1-10-8-11(2)17-14(16-10)18-13-6-4-12(5-7-13)9-15-3/h4-8,15H,9H2,1-3H3. The summed E-state index contributed by atoms with van der Waals surface area (Å²) >= 11 is 0. The van der Waals surface area contributed by atoms with Crippen LogP contribution < -0.4 is 10.1 Å². The number of nitrogens with one attached hydrogen (secondary N) is 1. The number of benzene rings is 1. The van der Waals surface area contributed by atoms with Crippen LogP contribution >= 0.6 is 0 Å². The molecule has 0 unspecified atom stereocenters. The number of ether oxygens (including phenoxy) is 1. The molecule has 0 bridgehead atoms. The lowest BCUT2D eigenvalue weighted by molar-refractivity contribution is 0.438. The normalized spacial score (nSPS) is 10.4. The van der Waals surface area contributed by atoms with E-state index in [1.165, 1.54) is 5.56 Å². The summed E-state index contributed by atoms with van der Waals surface area (Å²) in [6.07, 6.45) is 0. The van der Waals surface area contributed by atoms with E-state index < -0.39 is 0 Å². The van der Waals surface area contributed by atoms with Gasteiger partial charge in [0.1, 0.15) is 5.75 Å². The van der Waals surface area contributed by atoms with Crippen molar-refractivity contribution in [3.05, 3.63) is 47.3 Å². The fraction of sp³-hybridized carbons (Fsp3) is 0.286. The third-order valence-electron chi connectivity index (χ3n) is 2.48. The lowest BCUT2D eigenvalue weighted by Crippen LogP contribution is -2.04. The van der Waals surface area contributed by atoms with Crippen LogP contribution in [0, 0.1) is 13.8 Å². The van der Waals surface area contributed by atoms with E-state index in [1.807, 2.05) is 51.2 Å². The first kappa shape index (κ1) is 12.5. The Balaban J connectivity index is 2.13. The molecule has 0 amide bonds. The highest BCUT2D eigenvalue weighted by atomic mass is 16.5. The van der Waals surface area contributed by atoms with Crippen LogP contribution in [0.25, 0.3) is 0 Å². The Bertz CT molecular complexity index is 503. The second-order valence-corrected chi connectivity index (χ2v) is 4.21. The molecule has 0 spiro atoms. The van der Waals surface area contributed by atoms with Gasteiger partial charge in [-0.1, -0.05) is 12.1 Å². The van der Waals surface area contributed by atoms with E-state index in [9.17, 15) is 0 Å². The molecule has 0 aliphatic rings. The number of nitrogens with zero attached hydrogens (tertiary/aromatic N) is 2. The van der Waals surface area contributed by atoms with Crippen LogP contribution in [0.1, 0.15) is 17.0 Å². The van der Waals surface area contributed by atoms with Crippen molar-refractivity contribution in [2.24, 2.45) is 0 Å². The first-order chi connectivity index (χ1) is 8.67. The maximum atomic E-state index is 5.63. The molecule has 0 atom stereocenters. The van der Waals surface area contributed by atoms with E-state index in [0.29, 0.717) is 6.01 Å². The van der Waals surface area contributed by atoms with Gasteiger partial charge < -0.3 is 10.1 Å². The zero-order valence-corrected chi connectivity index (χ0v) is 10.9. The molecule has 18 heavy (non-hydrogen) atoms. The van der Waals surface area contributed by atoms with Gasteiger partial charge in [0.15, 0.2) is 0 Å². The molecule has 1 aromatic heterocycles. The molecule has 1 N–H and O–H groups in total. The Morgan fingerprint density at radius 3 is 2.22 bits per heavy atom. The Kier molecular flexibility index (Phi) is 3.89. The highest BCUT2D eigenvalue weighted by Crippen LogP contribution is 2.18. The molecule has 1 heterocycles. The zero-order valence-electron chi connectivity index (χ0n) is 10.9. The number of hydrogen-bond acceptors (Lipinski definition) is 4. The maximum absolute atomic E-state index is 5.63. The minimum absolute atomic E-state index is 0.397. The first-order valence-electron chi connectivity index (χ1n) is 5.91. The van der Waals surface area contributed by atoms with Gasteiger partial charge >= 0.3 is 6.01 Å². The van der Waals surface area contributed by atoms with Crippen LogP contribution in [0.5, 0.6) is 11.8 Å². The highest BCUT2D eigenvalue weighted by Gasteiger charge is 2.02. The third kappa shape index (κ3) is 3.28. The minimum atomic E-state index is 0.397. The summed E-state index contributed by atoms with van der Waals surface area (Å²) in [5.41, 5.74) is 3.03. The molecule has 0 fully saturated rings. The lowest BCUT2D eigenvalue weighted by Gasteiger charge is -2.06. The van der Waals surface area contributed by atoms with Gasteiger partial charge in [-0.25, -0.2) is 9.97 Å². The molecule has 0 saturated heterocycles. The summed E-state index contributed by atoms with van der Waals surface area (Å²) in [5.74, 6) is 0.750. The van der Waals surface area contributed by atoms with Crippen molar-refractivity contribution in [2.75, 3.05) is 7.05 Å². The first-order valence-corrected chi connectivity index (χ1v) is 5.91. The van der Waals surface area contributed by atoms with E-state index in [2.05, 4.69) is 15.3 Å². The zero-order chi connectivity index (χ0) is 13.0. The van der Waals surface area contributed by atoms with E-state index in [1.54, 1.807) is 0 Å². The van der Waals surface area contributed by atoms with Crippen LogP contribution in [0.15, 0.2) is 30.3 Å². The molecule has 4 heteroatoms. The van der Waals surface area contributed by atoms with E-state index in [0.717, 1.165) is 23.7 Å². The predicted octanol–water partition coefficient (Wildman–Crippen LogP) is 2.61. The van der Waals surface area contributed by atoms with Crippen LogP contribution in [0.4, 0.5) is 0 Å². The minimum Gasteiger partial charge on any atom is -0.424 e. The average molecular weight is 243 g/mol. The van der Waals surface area contributed by atoms with Crippen molar-refractivity contribution < 1.29 is 4.74 Å². The summed E-state index contributed by atoms with van der Waals surface area (Å²) in [4.78, 5) is 8.48. The van der Waals surface area contributed by atoms with Gasteiger partial charge in [0.25, 0.3) is 0 Å². The average Bonchev–Trinajstić information content (AvgIpc) is 2.31. The molecule has 0 aliphatic heterocycles. The summed E-state index contributed by atoms with van der Waals surface area (Å²) in [6, 6.07) is 10.2. The van der Waals surface area contributed by atoms with Gasteiger partial charge in [0, 0.05) is 17.9 Å². The molecule has 94 valence electrons. The summed E-state index contributed by atoms with van der Waals surface area (Å²) in [5, 5.41) is 3.10. The topological polar surface area (TPSA) is 47.0 Å². The third-order valence-corrected chi connectivity index (χ3v) is 2.48. The fourth-order valence-corrected chi connectivity index (χ4v) is 1.72. The van der Waals surface area contributed by atoms with Crippen molar-refractivity contribution in [1.82, 2.24) is 15.3 Å². The molecule has 2 aromatic rings. The molecule has 2 rings (SSSR count). The van der Waals surface area contributed by atoms with Gasteiger partial charge in [-0.15, -0.1) is 0 Å². The Morgan fingerprint density at radius 1 is 1.06 bits per heavy atom. The van der Waals surface area contributed by atoms with E-state index in [4.69, 9.17) is 4.74 Å². The largest absolute Gasteiger partial charge is 0.424 e. The smallest absolute Gasteiger partial charge is 0.322 e. The van der Waals surface area contributed by atoms with Crippen LogP contribution in [-0.2, 0) is 6.54 Å². The van der Waals surface area contributed by atoms with Gasteiger partial charge in [-0.2, -0.15) is 0 Å². The molecule has 4 nitrogen and oxygen atoms in total. The van der Waals surface area contributed by atoms with Crippen molar-refractivity contribution in [3.8, 4) is 11.8 Å². The Hall–Kier alpha value is -1.94. The van der Waals surface area contributed by atoms with Crippen molar-refractivity contribution in [3.63, 3.8) is 0 Å². The predicted molar refractivity (Wildman–Crippen MR) is 70.8 cm³/mol. The SMILES string of the molecule is CNCc1ccc(Oc2nc(C)cc(C)n2)cc1. The fourth-order valence-electron chi connectivity index (χ4n) is 1.72.